The third-order valence-corrected chi connectivity index (χ3v) is 6.05. The van der Waals surface area contributed by atoms with Crippen LogP contribution in [0.3, 0.4) is 0 Å². The summed E-state index contributed by atoms with van der Waals surface area (Å²) in [6.07, 6.45) is 1.04. The molecule has 1 aliphatic heterocycles. The minimum absolute atomic E-state index is 0.0518. The summed E-state index contributed by atoms with van der Waals surface area (Å²) >= 11 is 1.16. The average Bonchev–Trinajstić information content (AvgIpc) is 3.55. The maximum atomic E-state index is 12.5. The zero-order chi connectivity index (χ0) is 24.8. The van der Waals surface area contributed by atoms with Gasteiger partial charge in [0.05, 0.1) is 22.3 Å². The highest BCUT2D eigenvalue weighted by Crippen LogP contribution is 2.27. The molecule has 0 saturated carbocycles. The predicted molar refractivity (Wildman–Crippen MR) is 129 cm³/mol. The molecule has 2 aromatic carbocycles. The molecule has 35 heavy (non-hydrogen) atoms. The summed E-state index contributed by atoms with van der Waals surface area (Å²) in [5.41, 5.74) is 1.28. The van der Waals surface area contributed by atoms with Gasteiger partial charge in [-0.05, 0) is 44.0 Å². The fourth-order valence-corrected chi connectivity index (χ4v) is 4.11. The van der Waals surface area contributed by atoms with Crippen molar-refractivity contribution in [2.75, 3.05) is 18.5 Å². The van der Waals surface area contributed by atoms with E-state index in [1.54, 1.807) is 41.8 Å². The molecular formula is C24H23N3O7S. The number of amides is 1. The second-order valence-corrected chi connectivity index (χ2v) is 8.71. The third-order valence-electron chi connectivity index (χ3n) is 5.29. The topological polar surface area (TPSA) is 130 Å². The molecule has 10 nitrogen and oxygen atoms in total. The Balaban J connectivity index is 1.29. The molecule has 2 atom stereocenters. The van der Waals surface area contributed by atoms with Gasteiger partial charge < -0.3 is 14.2 Å². The minimum Gasteiger partial charge on any atom is -0.491 e. The third kappa shape index (κ3) is 6.40. The molecule has 182 valence electrons. The Hall–Kier alpha value is -3.83. The van der Waals surface area contributed by atoms with Gasteiger partial charge in [-0.15, -0.1) is 11.3 Å². The number of carbonyl (C=O) groups excluding carboxylic acids is 2. The van der Waals surface area contributed by atoms with E-state index < -0.39 is 22.9 Å². The first-order valence-corrected chi connectivity index (χ1v) is 11.8. The molecule has 1 aliphatic rings. The molecule has 1 fully saturated rings. The van der Waals surface area contributed by atoms with Crippen molar-refractivity contribution in [1.82, 2.24) is 4.98 Å². The van der Waals surface area contributed by atoms with Crippen LogP contribution in [0.1, 0.15) is 30.1 Å². The summed E-state index contributed by atoms with van der Waals surface area (Å²) < 4.78 is 16.5. The normalized spacial score (nSPS) is 15.9. The molecule has 0 aliphatic carbocycles. The van der Waals surface area contributed by atoms with Crippen molar-refractivity contribution in [2.24, 2.45) is 0 Å². The summed E-state index contributed by atoms with van der Waals surface area (Å²) in [6, 6.07) is 12.5. The number of aromatic nitrogens is 1. The van der Waals surface area contributed by atoms with Crippen molar-refractivity contribution in [3.05, 3.63) is 69.6 Å². The number of rotatable bonds is 9. The van der Waals surface area contributed by atoms with E-state index in [2.05, 4.69) is 10.3 Å². The number of hydrogen-bond donors (Lipinski definition) is 1. The van der Waals surface area contributed by atoms with E-state index in [0.29, 0.717) is 23.6 Å². The van der Waals surface area contributed by atoms with E-state index in [9.17, 15) is 19.7 Å². The highest BCUT2D eigenvalue weighted by molar-refractivity contribution is 7.14. The van der Waals surface area contributed by atoms with Crippen molar-refractivity contribution in [3.63, 3.8) is 0 Å². The smallest absolute Gasteiger partial charge is 0.338 e. The minimum atomic E-state index is -1.07. The standard InChI is InChI=1S/C24H23N3O7S/c1-15(34-23(29)16-7-9-19(10-8-16)33-13-20-6-3-11-32-20)22(28)26-24-25-21(14-35-24)17-4-2-5-18(12-17)27(30)31/h2,4-5,7-10,12,14-15,20H,3,6,11,13H2,1H3,(H,25,26,28). The van der Waals surface area contributed by atoms with Crippen LogP contribution in [0.15, 0.2) is 53.9 Å². The lowest BCUT2D eigenvalue weighted by Crippen LogP contribution is -2.30. The van der Waals surface area contributed by atoms with Gasteiger partial charge in [-0.3, -0.25) is 20.2 Å². The fourth-order valence-electron chi connectivity index (χ4n) is 3.38. The predicted octanol–water partition coefficient (Wildman–Crippen LogP) is 4.46. The lowest BCUT2D eigenvalue weighted by Gasteiger charge is -2.13. The van der Waals surface area contributed by atoms with Gasteiger partial charge in [-0.2, -0.15) is 0 Å². The lowest BCUT2D eigenvalue weighted by atomic mass is 10.1. The van der Waals surface area contributed by atoms with Crippen LogP contribution in [-0.2, 0) is 14.3 Å². The molecule has 11 heteroatoms. The number of thiazole rings is 1. The van der Waals surface area contributed by atoms with Gasteiger partial charge in [0.15, 0.2) is 11.2 Å². The zero-order valence-electron chi connectivity index (χ0n) is 18.8. The first kappa shape index (κ1) is 24.3. The van der Waals surface area contributed by atoms with Crippen molar-refractivity contribution >= 4 is 34.0 Å². The number of nitrogens with one attached hydrogen (secondary N) is 1. The highest BCUT2D eigenvalue weighted by Gasteiger charge is 2.21. The first-order valence-electron chi connectivity index (χ1n) is 11.0. The average molecular weight is 498 g/mol. The van der Waals surface area contributed by atoms with Crippen LogP contribution in [0.5, 0.6) is 5.75 Å². The van der Waals surface area contributed by atoms with Gasteiger partial charge in [0.1, 0.15) is 12.4 Å². The number of carbonyl (C=O) groups is 2. The van der Waals surface area contributed by atoms with Crippen molar-refractivity contribution < 1.29 is 28.7 Å². The molecule has 1 amide bonds. The SMILES string of the molecule is CC(OC(=O)c1ccc(OCC2CCCO2)cc1)C(=O)Nc1nc(-c2cccc([N+](=O)[O-])c2)cs1. The summed E-state index contributed by atoms with van der Waals surface area (Å²) in [7, 11) is 0. The van der Waals surface area contributed by atoms with E-state index in [0.717, 1.165) is 30.8 Å². The van der Waals surface area contributed by atoms with Crippen LogP contribution in [0, 0.1) is 10.1 Å². The number of non-ortho nitro benzene ring substituents is 1. The fraction of sp³-hybridized carbons (Fsp3) is 0.292. The van der Waals surface area contributed by atoms with Gasteiger partial charge in [-0.1, -0.05) is 12.1 Å². The largest absolute Gasteiger partial charge is 0.491 e. The number of benzene rings is 2. The molecule has 4 rings (SSSR count). The van der Waals surface area contributed by atoms with Crippen molar-refractivity contribution in [1.29, 1.82) is 0 Å². The maximum Gasteiger partial charge on any atom is 0.338 e. The second kappa shape index (κ2) is 11.1. The quantitative estimate of drug-likeness (QED) is 0.261. The van der Waals surface area contributed by atoms with E-state index in [-0.39, 0.29) is 22.5 Å². The summed E-state index contributed by atoms with van der Waals surface area (Å²) in [5.74, 6) is -0.573. The van der Waals surface area contributed by atoms with E-state index >= 15 is 0 Å². The monoisotopic (exact) mass is 497 g/mol. The first-order chi connectivity index (χ1) is 16.9. The molecule has 3 aromatic rings. The molecule has 1 aromatic heterocycles. The number of ether oxygens (including phenoxy) is 3. The van der Waals surface area contributed by atoms with E-state index in [1.807, 2.05) is 0 Å². The molecule has 0 spiro atoms. The van der Waals surface area contributed by atoms with Crippen LogP contribution < -0.4 is 10.1 Å². The molecule has 2 heterocycles. The van der Waals surface area contributed by atoms with E-state index in [1.165, 1.54) is 19.1 Å². The van der Waals surface area contributed by atoms with Crippen LogP contribution in [0.4, 0.5) is 10.8 Å². The summed E-state index contributed by atoms with van der Waals surface area (Å²) in [6.45, 7) is 2.67. The van der Waals surface area contributed by atoms with Gasteiger partial charge in [-0.25, -0.2) is 9.78 Å². The number of nitrogens with zero attached hydrogens (tertiary/aromatic N) is 2. The van der Waals surface area contributed by atoms with Crippen LogP contribution in [0.2, 0.25) is 0 Å². The Morgan fingerprint density at radius 3 is 2.80 bits per heavy atom. The summed E-state index contributed by atoms with van der Waals surface area (Å²) in [5, 5.41) is 15.5. The molecule has 0 radical (unpaired) electrons. The maximum absolute atomic E-state index is 12.5. The second-order valence-electron chi connectivity index (χ2n) is 7.85. The Labute approximate surface area is 205 Å². The molecule has 2 unspecified atom stereocenters. The van der Waals surface area contributed by atoms with Crippen molar-refractivity contribution in [2.45, 2.75) is 32.0 Å². The summed E-state index contributed by atoms with van der Waals surface area (Å²) in [4.78, 5) is 39.7. The van der Waals surface area contributed by atoms with Crippen LogP contribution >= 0.6 is 11.3 Å². The number of hydrogen-bond acceptors (Lipinski definition) is 9. The lowest BCUT2D eigenvalue weighted by molar-refractivity contribution is -0.384. The van der Waals surface area contributed by atoms with Gasteiger partial charge in [0.25, 0.3) is 11.6 Å². The molecule has 1 saturated heterocycles. The van der Waals surface area contributed by atoms with Crippen molar-refractivity contribution in [3.8, 4) is 17.0 Å². The highest BCUT2D eigenvalue weighted by atomic mass is 32.1. The van der Waals surface area contributed by atoms with Gasteiger partial charge in [0.2, 0.25) is 0 Å². The number of esters is 1. The Morgan fingerprint density at radius 1 is 1.29 bits per heavy atom. The Bertz CT molecular complexity index is 1210. The Kier molecular flexibility index (Phi) is 7.68. The Morgan fingerprint density at radius 2 is 2.09 bits per heavy atom. The van der Waals surface area contributed by atoms with Crippen LogP contribution in [0.25, 0.3) is 11.3 Å². The van der Waals surface area contributed by atoms with Gasteiger partial charge >= 0.3 is 5.97 Å². The zero-order valence-corrected chi connectivity index (χ0v) is 19.7. The molecule has 0 bridgehead atoms. The molecule has 1 N–H and O–H groups in total. The van der Waals surface area contributed by atoms with Gasteiger partial charge in [0, 0.05) is 29.7 Å². The van der Waals surface area contributed by atoms with E-state index in [4.69, 9.17) is 14.2 Å². The van der Waals surface area contributed by atoms with Crippen LogP contribution in [-0.4, -0.2) is 47.2 Å². The number of nitro groups is 1. The molecular weight excluding hydrogens is 474 g/mol. The number of nitro benzene ring substituents is 1. The number of anilines is 1.